The molecule has 0 aromatic heterocycles. The molecule has 0 saturated carbocycles. The van der Waals surface area contributed by atoms with Crippen molar-refractivity contribution in [3.05, 3.63) is 65.1 Å². The number of benzene rings is 2. The molecule has 2 aliphatic heterocycles. The molecule has 27 heavy (non-hydrogen) atoms. The molecule has 6 nitrogen and oxygen atoms in total. The van der Waals surface area contributed by atoms with Gasteiger partial charge < -0.3 is 14.6 Å². The van der Waals surface area contributed by atoms with Gasteiger partial charge in [-0.2, -0.15) is 0 Å². The van der Waals surface area contributed by atoms with Crippen LogP contribution in [0.25, 0.3) is 0 Å². The van der Waals surface area contributed by atoms with Gasteiger partial charge in [0, 0.05) is 18.0 Å². The minimum atomic E-state index is -0.506. The summed E-state index contributed by atoms with van der Waals surface area (Å²) >= 11 is 0. The van der Waals surface area contributed by atoms with Crippen LogP contribution in [0, 0.1) is 5.82 Å². The monoisotopic (exact) mass is 369 g/mol. The van der Waals surface area contributed by atoms with E-state index in [1.165, 1.54) is 42.3 Å². The second kappa shape index (κ2) is 6.42. The number of ether oxygens (including phenoxy) is 2. The smallest absolute Gasteiger partial charge is 0.336 e. The van der Waals surface area contributed by atoms with Crippen molar-refractivity contribution >= 4 is 17.6 Å². The van der Waals surface area contributed by atoms with Gasteiger partial charge in [0.25, 0.3) is 0 Å². The van der Waals surface area contributed by atoms with E-state index in [4.69, 9.17) is 9.47 Å². The Morgan fingerprint density at radius 1 is 1.19 bits per heavy atom. The Hall–Kier alpha value is -3.35. The lowest BCUT2D eigenvalue weighted by Gasteiger charge is -2.32. The Balaban J connectivity index is 1.81. The summed E-state index contributed by atoms with van der Waals surface area (Å²) in [4.78, 5) is 26.7. The van der Waals surface area contributed by atoms with E-state index in [2.05, 4.69) is 0 Å². The fourth-order valence-corrected chi connectivity index (χ4v) is 3.54. The summed E-state index contributed by atoms with van der Waals surface area (Å²) < 4.78 is 23.6. The molecule has 2 aromatic rings. The number of carbonyl (C=O) groups is 2. The third-order valence-electron chi connectivity index (χ3n) is 4.81. The number of phenols is 1. The highest BCUT2D eigenvalue weighted by Crippen LogP contribution is 2.43. The number of amides is 1. The zero-order valence-electron chi connectivity index (χ0n) is 14.4. The van der Waals surface area contributed by atoms with Crippen LogP contribution in [0.3, 0.4) is 0 Å². The lowest BCUT2D eigenvalue weighted by atomic mass is 9.84. The van der Waals surface area contributed by atoms with Crippen molar-refractivity contribution in [1.82, 2.24) is 0 Å². The number of hydrogen-bond acceptors (Lipinski definition) is 5. The molecule has 2 heterocycles. The van der Waals surface area contributed by atoms with Crippen LogP contribution in [0.15, 0.2) is 53.7 Å². The summed E-state index contributed by atoms with van der Waals surface area (Å²) in [5.74, 6) is -1.40. The van der Waals surface area contributed by atoms with Crippen molar-refractivity contribution in [2.24, 2.45) is 0 Å². The van der Waals surface area contributed by atoms with E-state index in [1.54, 1.807) is 12.1 Å². The number of cyclic esters (lactones) is 1. The number of halogens is 1. The molecule has 7 heteroatoms. The van der Waals surface area contributed by atoms with E-state index in [0.717, 1.165) is 0 Å². The van der Waals surface area contributed by atoms with Crippen molar-refractivity contribution in [2.75, 3.05) is 18.6 Å². The van der Waals surface area contributed by atoms with Crippen LogP contribution in [0.5, 0.6) is 11.5 Å². The van der Waals surface area contributed by atoms with Gasteiger partial charge in [0.05, 0.1) is 18.4 Å². The van der Waals surface area contributed by atoms with Gasteiger partial charge in [-0.15, -0.1) is 0 Å². The van der Waals surface area contributed by atoms with Crippen LogP contribution >= 0.6 is 0 Å². The first-order valence-electron chi connectivity index (χ1n) is 8.35. The zero-order chi connectivity index (χ0) is 19.1. The van der Waals surface area contributed by atoms with Crippen LogP contribution in [0.1, 0.15) is 17.9 Å². The zero-order valence-corrected chi connectivity index (χ0v) is 14.4. The lowest BCUT2D eigenvalue weighted by molar-refractivity contribution is -0.136. The van der Waals surface area contributed by atoms with Crippen molar-refractivity contribution in [3.8, 4) is 11.5 Å². The molecule has 0 unspecified atom stereocenters. The summed E-state index contributed by atoms with van der Waals surface area (Å²) in [6, 6.07) is 10.2. The molecule has 0 fully saturated rings. The molecule has 0 bridgehead atoms. The molecule has 0 saturated heterocycles. The highest BCUT2D eigenvalue weighted by molar-refractivity contribution is 6.06. The number of anilines is 1. The number of aromatic hydroxyl groups is 1. The average Bonchev–Trinajstić information content (AvgIpc) is 3.04. The van der Waals surface area contributed by atoms with Gasteiger partial charge >= 0.3 is 5.97 Å². The number of rotatable bonds is 3. The molecule has 0 spiro atoms. The van der Waals surface area contributed by atoms with E-state index in [-0.39, 0.29) is 30.4 Å². The minimum absolute atomic E-state index is 0.0248. The number of methoxy groups -OCH3 is 1. The van der Waals surface area contributed by atoms with Crippen molar-refractivity contribution < 1.29 is 28.6 Å². The molecule has 0 aliphatic carbocycles. The predicted molar refractivity (Wildman–Crippen MR) is 93.9 cm³/mol. The maximum absolute atomic E-state index is 13.2. The first-order chi connectivity index (χ1) is 13.0. The van der Waals surface area contributed by atoms with Gasteiger partial charge in [-0.1, -0.05) is 6.07 Å². The number of carbonyl (C=O) groups excluding carboxylic acids is 2. The van der Waals surface area contributed by atoms with Gasteiger partial charge in [-0.3, -0.25) is 9.69 Å². The highest BCUT2D eigenvalue weighted by Gasteiger charge is 2.43. The Kier molecular flexibility index (Phi) is 4.07. The fraction of sp³-hybridized carbons (Fsp3) is 0.200. The Labute approximate surface area is 154 Å². The van der Waals surface area contributed by atoms with Crippen molar-refractivity contribution in [3.63, 3.8) is 0 Å². The van der Waals surface area contributed by atoms with Crippen LogP contribution in [-0.4, -0.2) is 30.7 Å². The summed E-state index contributed by atoms with van der Waals surface area (Å²) in [5, 5.41) is 9.80. The van der Waals surface area contributed by atoms with Crippen LogP contribution in [0.4, 0.5) is 10.1 Å². The molecule has 1 amide bonds. The second-order valence-electron chi connectivity index (χ2n) is 6.33. The molecule has 1 N–H and O–H groups in total. The van der Waals surface area contributed by atoms with E-state index in [9.17, 15) is 19.1 Å². The Morgan fingerprint density at radius 2 is 1.93 bits per heavy atom. The van der Waals surface area contributed by atoms with Gasteiger partial charge in [-0.25, -0.2) is 9.18 Å². The topological polar surface area (TPSA) is 76.1 Å². The van der Waals surface area contributed by atoms with E-state index in [1.807, 2.05) is 0 Å². The molecular formula is C20H16FNO5. The van der Waals surface area contributed by atoms with Crippen molar-refractivity contribution in [2.45, 2.75) is 12.3 Å². The summed E-state index contributed by atoms with van der Waals surface area (Å²) in [7, 11) is 1.43. The fourth-order valence-electron chi connectivity index (χ4n) is 3.54. The van der Waals surface area contributed by atoms with Gasteiger partial charge in [-0.05, 0) is 42.0 Å². The first kappa shape index (κ1) is 17.1. The van der Waals surface area contributed by atoms with E-state index >= 15 is 0 Å². The summed E-state index contributed by atoms with van der Waals surface area (Å²) in [5.41, 5.74) is 2.00. The average molecular weight is 369 g/mol. The summed E-state index contributed by atoms with van der Waals surface area (Å²) in [6.07, 6.45) is 0.0409. The molecular weight excluding hydrogens is 353 g/mol. The van der Waals surface area contributed by atoms with Crippen LogP contribution < -0.4 is 9.64 Å². The second-order valence-corrected chi connectivity index (χ2v) is 6.33. The molecule has 4 rings (SSSR count). The number of phenolic OH excluding ortho intramolecular Hbond substituents is 1. The van der Waals surface area contributed by atoms with Gasteiger partial charge in [0.1, 0.15) is 12.4 Å². The number of nitrogens with zero attached hydrogens (tertiary/aromatic N) is 1. The van der Waals surface area contributed by atoms with E-state index in [0.29, 0.717) is 22.5 Å². The SMILES string of the molecule is COc1cc([C@H]2CC(=O)N(c3ccc(F)cc3)C3=C2C(=O)OC3)ccc1O. The number of hydrogen-bond donors (Lipinski definition) is 1. The predicted octanol–water partition coefficient (Wildman–Crippen LogP) is 2.87. The molecule has 2 aromatic carbocycles. The first-order valence-corrected chi connectivity index (χ1v) is 8.35. The minimum Gasteiger partial charge on any atom is -0.504 e. The molecule has 2 aliphatic rings. The van der Waals surface area contributed by atoms with Crippen LogP contribution in [-0.2, 0) is 14.3 Å². The maximum atomic E-state index is 13.2. The van der Waals surface area contributed by atoms with Crippen LogP contribution in [0.2, 0.25) is 0 Å². The number of esters is 1. The maximum Gasteiger partial charge on any atom is 0.336 e. The molecule has 0 radical (unpaired) electrons. The van der Waals surface area contributed by atoms with Gasteiger partial charge in [0.2, 0.25) is 5.91 Å². The normalized spacial score (nSPS) is 19.2. The van der Waals surface area contributed by atoms with Crippen molar-refractivity contribution in [1.29, 1.82) is 0 Å². The lowest BCUT2D eigenvalue weighted by Crippen LogP contribution is -2.37. The largest absolute Gasteiger partial charge is 0.504 e. The quantitative estimate of drug-likeness (QED) is 0.842. The molecule has 138 valence electrons. The summed E-state index contributed by atoms with van der Waals surface area (Å²) in [6.45, 7) is -0.0248. The van der Waals surface area contributed by atoms with Gasteiger partial charge in [0.15, 0.2) is 11.5 Å². The Morgan fingerprint density at radius 3 is 2.63 bits per heavy atom. The van der Waals surface area contributed by atoms with E-state index < -0.39 is 17.7 Å². The highest BCUT2D eigenvalue weighted by atomic mass is 19.1. The standard InChI is InChI=1S/C20H16FNO5/c1-26-17-8-11(2-7-16(17)23)14-9-18(24)22(13-5-3-12(21)4-6-13)15-10-27-20(25)19(14)15/h2-8,14,23H,9-10H2,1H3/t14-/m1/s1. The Bertz CT molecular complexity index is 967. The third kappa shape index (κ3) is 2.81. The third-order valence-corrected chi connectivity index (χ3v) is 4.81. The molecule has 1 atom stereocenters.